The Bertz CT molecular complexity index is 582. The molecule has 1 unspecified atom stereocenters. The minimum atomic E-state index is -0.384. The summed E-state index contributed by atoms with van der Waals surface area (Å²) >= 11 is 0. The van der Waals surface area contributed by atoms with Crippen molar-refractivity contribution in [3.05, 3.63) is 11.6 Å². The van der Waals surface area contributed by atoms with E-state index in [1.54, 1.807) is 27.0 Å². The zero-order chi connectivity index (χ0) is 26.7. The van der Waals surface area contributed by atoms with Crippen LogP contribution in [-0.2, 0) is 19.1 Å². The van der Waals surface area contributed by atoms with Gasteiger partial charge >= 0.3 is 5.97 Å². The number of carbonyl (C=O) groups is 3. The lowest BCUT2D eigenvalue weighted by Crippen LogP contribution is -2.43. The van der Waals surface area contributed by atoms with Crippen molar-refractivity contribution in [2.45, 2.75) is 100 Å². The molecule has 7 heteroatoms. The number of hydrogen-bond donors (Lipinski definition) is 1. The van der Waals surface area contributed by atoms with Crippen molar-refractivity contribution >= 4 is 18.3 Å². The van der Waals surface area contributed by atoms with E-state index in [-0.39, 0.29) is 30.4 Å². The van der Waals surface area contributed by atoms with Gasteiger partial charge in [0.15, 0.2) is 0 Å². The quantitative estimate of drug-likeness (QED) is 0.278. The molecule has 7 nitrogen and oxygen atoms in total. The molecule has 34 heavy (non-hydrogen) atoms. The van der Waals surface area contributed by atoms with Crippen molar-refractivity contribution in [3.8, 4) is 0 Å². The highest BCUT2D eigenvalue weighted by atomic mass is 16.5. The number of rotatable bonds is 10. The molecule has 1 aliphatic heterocycles. The number of amides is 2. The molecule has 0 aromatic carbocycles. The van der Waals surface area contributed by atoms with Crippen LogP contribution in [0.4, 0.5) is 0 Å². The van der Waals surface area contributed by atoms with Crippen LogP contribution in [0.2, 0.25) is 0 Å². The number of likely N-dealkylation sites (N-methyl/N-ethyl adjacent to an activating group) is 1. The summed E-state index contributed by atoms with van der Waals surface area (Å²) in [7, 11) is 1.65. The van der Waals surface area contributed by atoms with Crippen LogP contribution in [0.1, 0.15) is 88.0 Å². The predicted molar refractivity (Wildman–Crippen MR) is 142 cm³/mol. The Morgan fingerprint density at radius 2 is 1.56 bits per heavy atom. The second-order valence-electron chi connectivity index (χ2n) is 9.89. The van der Waals surface area contributed by atoms with Crippen molar-refractivity contribution in [3.63, 3.8) is 0 Å². The zero-order valence-corrected chi connectivity index (χ0v) is 23.6. The third-order valence-corrected chi connectivity index (χ3v) is 5.48. The molecule has 1 fully saturated rings. The normalized spacial score (nSPS) is 15.8. The van der Waals surface area contributed by atoms with Gasteiger partial charge in [-0.1, -0.05) is 54.0 Å². The Balaban J connectivity index is 0. The van der Waals surface area contributed by atoms with Gasteiger partial charge in [-0.05, 0) is 65.0 Å². The van der Waals surface area contributed by atoms with Crippen molar-refractivity contribution in [1.29, 1.82) is 0 Å². The summed E-state index contributed by atoms with van der Waals surface area (Å²) < 4.78 is 4.92. The van der Waals surface area contributed by atoms with Gasteiger partial charge in [0.1, 0.15) is 0 Å². The summed E-state index contributed by atoms with van der Waals surface area (Å²) in [6.45, 7) is 21.4. The Labute approximate surface area is 209 Å². The van der Waals surface area contributed by atoms with Crippen LogP contribution in [-0.4, -0.2) is 73.5 Å². The fourth-order valence-electron chi connectivity index (χ4n) is 3.36. The predicted octanol–water partition coefficient (Wildman–Crippen LogP) is 4.66. The summed E-state index contributed by atoms with van der Waals surface area (Å²) in [6, 6.07) is 0.584. The lowest BCUT2D eigenvalue weighted by molar-refractivity contribution is -0.138. The molecule has 0 spiro atoms. The van der Waals surface area contributed by atoms with E-state index in [1.807, 2.05) is 13.8 Å². The molecule has 1 aliphatic rings. The first-order chi connectivity index (χ1) is 15.9. The van der Waals surface area contributed by atoms with Gasteiger partial charge in [0, 0.05) is 18.7 Å². The molecular formula is C27H53N3O4. The van der Waals surface area contributed by atoms with Gasteiger partial charge in [-0.2, -0.15) is 0 Å². The molecule has 0 aromatic rings. The van der Waals surface area contributed by atoms with Gasteiger partial charge in [-0.3, -0.25) is 9.59 Å². The van der Waals surface area contributed by atoms with Crippen molar-refractivity contribution in [2.24, 2.45) is 11.8 Å². The first-order valence-corrected chi connectivity index (χ1v) is 12.9. The molecule has 2 atom stereocenters. The maximum atomic E-state index is 11.9. The molecule has 0 bridgehead atoms. The third kappa shape index (κ3) is 16.7. The molecule has 1 saturated heterocycles. The minimum Gasteiger partial charge on any atom is -0.463 e. The SMILES string of the molecule is CC(C)C.CCC(C)N1CCCCC1.CCOC(=O)/C(C)=C/[C@H](C(C)C)N(C)C(=O)CNC=O. The van der Waals surface area contributed by atoms with E-state index in [4.69, 9.17) is 4.74 Å². The van der Waals surface area contributed by atoms with E-state index in [0.717, 1.165) is 12.0 Å². The number of nitrogens with zero attached hydrogens (tertiary/aromatic N) is 2. The molecule has 1 N–H and O–H groups in total. The van der Waals surface area contributed by atoms with Crippen molar-refractivity contribution in [2.75, 3.05) is 33.3 Å². The van der Waals surface area contributed by atoms with E-state index in [0.29, 0.717) is 18.6 Å². The van der Waals surface area contributed by atoms with Crippen molar-refractivity contribution in [1.82, 2.24) is 15.1 Å². The average Bonchev–Trinajstić information content (AvgIpc) is 2.80. The second kappa shape index (κ2) is 20.5. The molecule has 0 aliphatic carbocycles. The number of carbonyl (C=O) groups excluding carboxylic acids is 3. The van der Waals surface area contributed by atoms with E-state index in [1.165, 1.54) is 43.7 Å². The van der Waals surface area contributed by atoms with Gasteiger partial charge in [0.05, 0.1) is 19.2 Å². The number of likely N-dealkylation sites (tertiary alicyclic amines) is 1. The Morgan fingerprint density at radius 1 is 1.03 bits per heavy atom. The van der Waals surface area contributed by atoms with Gasteiger partial charge < -0.3 is 19.9 Å². The molecule has 0 saturated carbocycles. The fourth-order valence-corrected chi connectivity index (χ4v) is 3.36. The van der Waals surface area contributed by atoms with E-state index < -0.39 is 0 Å². The largest absolute Gasteiger partial charge is 0.463 e. The van der Waals surface area contributed by atoms with Gasteiger partial charge in [0.2, 0.25) is 12.3 Å². The minimum absolute atomic E-state index is 0.0600. The monoisotopic (exact) mass is 483 g/mol. The lowest BCUT2D eigenvalue weighted by atomic mass is 10.00. The van der Waals surface area contributed by atoms with Crippen LogP contribution in [0, 0.1) is 11.8 Å². The maximum Gasteiger partial charge on any atom is 0.333 e. The Hall–Kier alpha value is -1.89. The molecular weight excluding hydrogens is 430 g/mol. The topological polar surface area (TPSA) is 79.0 Å². The summed E-state index contributed by atoms with van der Waals surface area (Å²) in [5.74, 6) is 0.360. The van der Waals surface area contributed by atoms with Crippen LogP contribution in [0.3, 0.4) is 0 Å². The highest BCUT2D eigenvalue weighted by molar-refractivity contribution is 5.88. The standard InChI is InChI=1S/C14H24N2O4.C9H19N.C4H10/c1-6-20-14(19)11(4)7-12(10(2)3)16(5)13(18)8-15-9-17;1-3-9(2)10-7-5-4-6-8-10;1-4(2)3/h7,9-10,12H,6,8H2,1-5H3,(H,15,17);9H,3-8H2,1-2H3;4H,1-3H3/b11-7+;;/t12-;;/m1../s1. The van der Waals surface area contributed by atoms with Crippen LogP contribution in [0.5, 0.6) is 0 Å². The molecule has 2 amide bonds. The maximum absolute atomic E-state index is 11.9. The molecule has 200 valence electrons. The van der Waals surface area contributed by atoms with Gasteiger partial charge in [-0.15, -0.1) is 0 Å². The third-order valence-electron chi connectivity index (χ3n) is 5.48. The molecule has 0 radical (unpaired) electrons. The van der Waals surface area contributed by atoms with Crippen molar-refractivity contribution < 1.29 is 19.1 Å². The fraction of sp³-hybridized carbons (Fsp3) is 0.815. The number of nitrogens with one attached hydrogen (secondary N) is 1. The summed E-state index contributed by atoms with van der Waals surface area (Å²) in [5.41, 5.74) is 0.466. The molecule has 1 heterocycles. The van der Waals surface area contributed by atoms with Crippen LogP contribution < -0.4 is 5.32 Å². The first-order valence-electron chi connectivity index (χ1n) is 12.9. The number of ether oxygens (including phenoxy) is 1. The first kappa shape index (κ1) is 34.3. The number of hydrogen-bond acceptors (Lipinski definition) is 5. The summed E-state index contributed by atoms with van der Waals surface area (Å²) in [5, 5.41) is 2.34. The summed E-state index contributed by atoms with van der Waals surface area (Å²) in [4.78, 5) is 37.8. The molecule has 1 rings (SSSR count). The molecule has 0 aromatic heterocycles. The van der Waals surface area contributed by atoms with Gasteiger partial charge in [0.25, 0.3) is 0 Å². The number of esters is 1. The van der Waals surface area contributed by atoms with Crippen LogP contribution in [0.15, 0.2) is 11.6 Å². The van der Waals surface area contributed by atoms with Gasteiger partial charge in [-0.25, -0.2) is 4.79 Å². The van der Waals surface area contributed by atoms with E-state index in [2.05, 4.69) is 44.8 Å². The average molecular weight is 484 g/mol. The number of piperidine rings is 1. The van der Waals surface area contributed by atoms with Crippen LogP contribution >= 0.6 is 0 Å². The van der Waals surface area contributed by atoms with Crippen LogP contribution in [0.25, 0.3) is 0 Å². The second-order valence-corrected chi connectivity index (χ2v) is 9.89. The highest BCUT2D eigenvalue weighted by Gasteiger charge is 2.22. The smallest absolute Gasteiger partial charge is 0.333 e. The Kier molecular flexibility index (Phi) is 20.6. The zero-order valence-electron chi connectivity index (χ0n) is 23.6. The highest BCUT2D eigenvalue weighted by Crippen LogP contribution is 2.14. The lowest BCUT2D eigenvalue weighted by Gasteiger charge is -2.31. The Morgan fingerprint density at radius 3 is 1.97 bits per heavy atom. The summed E-state index contributed by atoms with van der Waals surface area (Å²) in [6.07, 6.45) is 7.80. The van der Waals surface area contributed by atoms with E-state index >= 15 is 0 Å². The van der Waals surface area contributed by atoms with E-state index in [9.17, 15) is 14.4 Å².